The van der Waals surface area contributed by atoms with E-state index in [0.717, 1.165) is 44.1 Å². The third-order valence-electron chi connectivity index (χ3n) is 8.58. The predicted molar refractivity (Wildman–Crippen MR) is 148 cm³/mol. The summed E-state index contributed by atoms with van der Waals surface area (Å²) >= 11 is 0. The van der Waals surface area contributed by atoms with Crippen molar-refractivity contribution in [1.82, 2.24) is 0 Å². The van der Waals surface area contributed by atoms with Gasteiger partial charge in [0.1, 0.15) is 17.6 Å². The van der Waals surface area contributed by atoms with Gasteiger partial charge < -0.3 is 14.2 Å². The summed E-state index contributed by atoms with van der Waals surface area (Å²) < 4.78 is 16.4. The third-order valence-corrected chi connectivity index (χ3v) is 8.58. The van der Waals surface area contributed by atoms with Crippen molar-refractivity contribution in [2.75, 3.05) is 0 Å². The molecule has 1 aromatic carbocycles. The average Bonchev–Trinajstić information content (AvgIpc) is 2.76. The molecule has 0 aromatic heterocycles. The largest absolute Gasteiger partial charge is 0.463 e. The number of hydrogen-bond donors (Lipinski definition) is 0. The van der Waals surface area contributed by atoms with E-state index in [2.05, 4.69) is 40.3 Å². The van der Waals surface area contributed by atoms with Gasteiger partial charge in [-0.15, -0.1) is 0 Å². The molecule has 0 spiro atoms. The number of esters is 3. The summed E-state index contributed by atoms with van der Waals surface area (Å²) in [6.45, 7) is 17.9. The van der Waals surface area contributed by atoms with Crippen LogP contribution in [0.15, 0.2) is 42.0 Å². The molecule has 2 aliphatic carbocycles. The molecule has 6 heteroatoms. The van der Waals surface area contributed by atoms with Gasteiger partial charge in [-0.2, -0.15) is 0 Å². The van der Waals surface area contributed by atoms with E-state index in [1.807, 2.05) is 0 Å². The van der Waals surface area contributed by atoms with Crippen molar-refractivity contribution in [3.63, 3.8) is 0 Å². The molecule has 38 heavy (non-hydrogen) atoms. The summed E-state index contributed by atoms with van der Waals surface area (Å²) in [5, 5.41) is 0. The van der Waals surface area contributed by atoms with Crippen molar-refractivity contribution in [3.8, 4) is 11.5 Å². The van der Waals surface area contributed by atoms with Crippen LogP contribution in [0.1, 0.15) is 92.6 Å². The van der Waals surface area contributed by atoms with E-state index in [9.17, 15) is 14.4 Å². The molecule has 2 fully saturated rings. The highest BCUT2D eigenvalue weighted by molar-refractivity contribution is 5.71. The van der Waals surface area contributed by atoms with Crippen LogP contribution in [0.3, 0.4) is 0 Å². The van der Waals surface area contributed by atoms with Crippen LogP contribution in [-0.2, 0) is 25.5 Å². The van der Waals surface area contributed by atoms with Crippen LogP contribution in [0.25, 0.3) is 0 Å². The summed E-state index contributed by atoms with van der Waals surface area (Å²) in [7, 11) is 0. The van der Waals surface area contributed by atoms with Crippen molar-refractivity contribution in [2.24, 2.45) is 22.7 Å². The van der Waals surface area contributed by atoms with Gasteiger partial charge in [-0.05, 0) is 92.7 Å². The molecule has 0 bridgehead atoms. The Morgan fingerprint density at radius 3 is 2.32 bits per heavy atom. The maximum atomic E-state index is 11.8. The van der Waals surface area contributed by atoms with Crippen molar-refractivity contribution < 1.29 is 28.6 Å². The predicted octanol–water partition coefficient (Wildman–Crippen LogP) is 7.15. The van der Waals surface area contributed by atoms with Gasteiger partial charge in [0.15, 0.2) is 0 Å². The lowest BCUT2D eigenvalue weighted by Gasteiger charge is -2.59. The molecule has 0 saturated heterocycles. The van der Waals surface area contributed by atoms with E-state index in [-0.39, 0.29) is 22.9 Å². The van der Waals surface area contributed by atoms with E-state index in [4.69, 9.17) is 14.2 Å². The Kier molecular flexibility index (Phi) is 9.27. The second kappa shape index (κ2) is 11.9. The van der Waals surface area contributed by atoms with Crippen molar-refractivity contribution >= 4 is 17.9 Å². The molecule has 0 aliphatic heterocycles. The molecule has 208 valence electrons. The second-order valence-electron chi connectivity index (χ2n) is 12.2. The van der Waals surface area contributed by atoms with E-state index in [0.29, 0.717) is 29.8 Å². The van der Waals surface area contributed by atoms with Gasteiger partial charge in [-0.3, -0.25) is 14.4 Å². The zero-order valence-corrected chi connectivity index (χ0v) is 24.1. The van der Waals surface area contributed by atoms with Crippen LogP contribution in [0.4, 0.5) is 0 Å². The number of fused-ring (bicyclic) bond motifs is 1. The Morgan fingerprint density at radius 2 is 1.68 bits per heavy atom. The number of ether oxygens (including phenoxy) is 3. The summed E-state index contributed by atoms with van der Waals surface area (Å²) in [6, 6.07) is 5.03. The van der Waals surface area contributed by atoms with Crippen molar-refractivity contribution in [3.05, 3.63) is 47.6 Å². The number of benzene rings is 1. The standard InChI is InChI=1S/C32H44O6/c1-20(9-12-25-17-26(36-22(3)33)13-15-29(25)38-24(5)35)10-14-28-21(2)11-16-30-31(6,7)18-27(37-23(4)34)19-32(28,30)8/h9,13,15,17,27-28,30H,2,10-12,14,16,18-19H2,1,3-8H3/b20-9+/t27-,28-,30-,32+/m1/s1. The number of allylic oxidation sites excluding steroid dienone is 3. The molecular weight excluding hydrogens is 480 g/mol. The van der Waals surface area contributed by atoms with Crippen LogP contribution < -0.4 is 9.47 Å². The highest BCUT2D eigenvalue weighted by atomic mass is 16.5. The summed E-state index contributed by atoms with van der Waals surface area (Å²) in [6.07, 6.45) is 8.51. The van der Waals surface area contributed by atoms with E-state index in [1.165, 1.54) is 31.9 Å². The van der Waals surface area contributed by atoms with Crippen LogP contribution >= 0.6 is 0 Å². The normalized spacial score (nSPS) is 26.8. The first-order chi connectivity index (χ1) is 17.7. The Morgan fingerprint density at radius 1 is 1.00 bits per heavy atom. The lowest BCUT2D eigenvalue weighted by Crippen LogP contribution is -2.53. The first-order valence-corrected chi connectivity index (χ1v) is 13.7. The SMILES string of the molecule is C=C1CC[C@@H]2C(C)(C)C[C@@H](OC(C)=O)C[C@@]2(C)[C@@H]1CC/C(C)=C/Cc1cc(OC(C)=O)ccc1OC(C)=O. The maximum Gasteiger partial charge on any atom is 0.308 e. The van der Waals surface area contributed by atoms with E-state index >= 15 is 0 Å². The Bertz CT molecular complexity index is 1110. The molecule has 0 radical (unpaired) electrons. The van der Waals surface area contributed by atoms with E-state index < -0.39 is 11.9 Å². The topological polar surface area (TPSA) is 78.9 Å². The molecule has 2 aliphatic rings. The minimum atomic E-state index is -0.399. The lowest BCUT2D eigenvalue weighted by atomic mass is 9.46. The lowest BCUT2D eigenvalue weighted by molar-refractivity contribution is -0.163. The molecule has 6 nitrogen and oxygen atoms in total. The minimum Gasteiger partial charge on any atom is -0.463 e. The fourth-order valence-corrected chi connectivity index (χ4v) is 7.21. The fourth-order valence-electron chi connectivity index (χ4n) is 7.21. The van der Waals surface area contributed by atoms with Crippen molar-refractivity contribution in [1.29, 1.82) is 0 Å². The van der Waals surface area contributed by atoms with Crippen LogP contribution in [0.5, 0.6) is 11.5 Å². The third kappa shape index (κ3) is 7.15. The average molecular weight is 525 g/mol. The number of rotatable bonds is 8. The molecule has 0 unspecified atom stereocenters. The highest BCUT2D eigenvalue weighted by Gasteiger charge is 2.55. The van der Waals surface area contributed by atoms with Gasteiger partial charge in [0.2, 0.25) is 0 Å². The van der Waals surface area contributed by atoms with E-state index in [1.54, 1.807) is 18.2 Å². The van der Waals surface area contributed by atoms with Gasteiger partial charge in [0.25, 0.3) is 0 Å². The minimum absolute atomic E-state index is 0.0261. The number of carbonyl (C=O) groups excluding carboxylic acids is 3. The van der Waals surface area contributed by atoms with Crippen LogP contribution in [0.2, 0.25) is 0 Å². The zero-order valence-electron chi connectivity index (χ0n) is 24.1. The Hall–Kier alpha value is -2.89. The molecule has 4 atom stereocenters. The van der Waals surface area contributed by atoms with Gasteiger partial charge in [0, 0.05) is 26.3 Å². The summed E-state index contributed by atoms with van der Waals surface area (Å²) in [5.74, 6) is 0.799. The maximum absolute atomic E-state index is 11.8. The molecule has 0 amide bonds. The second-order valence-corrected chi connectivity index (χ2v) is 12.2. The van der Waals surface area contributed by atoms with Gasteiger partial charge in [-0.25, -0.2) is 0 Å². The van der Waals surface area contributed by atoms with Gasteiger partial charge >= 0.3 is 17.9 Å². The number of carbonyl (C=O) groups is 3. The smallest absolute Gasteiger partial charge is 0.308 e. The Labute approximate surface area is 227 Å². The molecule has 0 heterocycles. The first kappa shape index (κ1) is 29.7. The van der Waals surface area contributed by atoms with Gasteiger partial charge in [-0.1, -0.05) is 44.6 Å². The van der Waals surface area contributed by atoms with Crippen LogP contribution in [-0.4, -0.2) is 24.0 Å². The molecule has 1 aromatic rings. The molecule has 2 saturated carbocycles. The molecule has 0 N–H and O–H groups in total. The zero-order chi connectivity index (χ0) is 28.3. The summed E-state index contributed by atoms with van der Waals surface area (Å²) in [5.41, 5.74) is 3.45. The molecular formula is C32H44O6. The molecule has 3 rings (SSSR count). The fraction of sp³-hybridized carbons (Fsp3) is 0.594. The van der Waals surface area contributed by atoms with Crippen LogP contribution in [0, 0.1) is 22.7 Å². The highest BCUT2D eigenvalue weighted by Crippen LogP contribution is 2.62. The number of hydrogen-bond acceptors (Lipinski definition) is 6. The summed E-state index contributed by atoms with van der Waals surface area (Å²) in [4.78, 5) is 34.8. The quantitative estimate of drug-likeness (QED) is 0.204. The monoisotopic (exact) mass is 524 g/mol. The Balaban J connectivity index is 1.77. The van der Waals surface area contributed by atoms with Crippen molar-refractivity contribution in [2.45, 2.75) is 99.5 Å². The van der Waals surface area contributed by atoms with Gasteiger partial charge in [0.05, 0.1) is 0 Å². The first-order valence-electron chi connectivity index (χ1n) is 13.7.